The van der Waals surface area contributed by atoms with E-state index in [-0.39, 0.29) is 17.5 Å². The number of oxime groups is 1. The van der Waals surface area contributed by atoms with Gasteiger partial charge in [0.05, 0.1) is 16.5 Å². The van der Waals surface area contributed by atoms with Gasteiger partial charge in [-0.15, -0.1) is 11.3 Å². The minimum absolute atomic E-state index is 0.0146. The second-order valence-electron chi connectivity index (χ2n) is 5.34. The van der Waals surface area contributed by atoms with E-state index >= 15 is 0 Å². The lowest BCUT2D eigenvalue weighted by molar-refractivity contribution is -0.116. The van der Waals surface area contributed by atoms with Gasteiger partial charge >= 0.3 is 0 Å². The van der Waals surface area contributed by atoms with Crippen LogP contribution in [0.2, 0.25) is 0 Å². The Morgan fingerprint density at radius 2 is 2.36 bits per heavy atom. The molecule has 1 aliphatic carbocycles. The van der Waals surface area contributed by atoms with Crippen molar-refractivity contribution < 1.29 is 14.7 Å². The number of thiazole rings is 1. The number of unbranched alkanes of at least 4 members (excludes halogenated alkanes) is 1. The fourth-order valence-corrected chi connectivity index (χ4v) is 3.24. The highest BCUT2D eigenvalue weighted by molar-refractivity contribution is 7.09. The van der Waals surface area contributed by atoms with E-state index in [2.05, 4.69) is 10.1 Å². The summed E-state index contributed by atoms with van der Waals surface area (Å²) in [5, 5.41) is 16.9. The van der Waals surface area contributed by atoms with Crippen molar-refractivity contribution in [2.24, 2.45) is 5.16 Å². The van der Waals surface area contributed by atoms with E-state index in [1.807, 2.05) is 19.2 Å². The summed E-state index contributed by atoms with van der Waals surface area (Å²) in [6, 6.07) is 0. The minimum Gasteiger partial charge on any atom is -0.512 e. The van der Waals surface area contributed by atoms with Crippen LogP contribution in [0.3, 0.4) is 0 Å². The van der Waals surface area contributed by atoms with Crippen LogP contribution in [0.1, 0.15) is 55.6 Å². The van der Waals surface area contributed by atoms with E-state index in [1.165, 1.54) is 0 Å². The fourth-order valence-electron chi connectivity index (χ4n) is 2.55. The van der Waals surface area contributed by atoms with Crippen LogP contribution >= 0.6 is 11.3 Å². The second kappa shape index (κ2) is 8.08. The monoisotopic (exact) mass is 322 g/mol. The molecule has 6 heteroatoms. The van der Waals surface area contributed by atoms with Gasteiger partial charge in [-0.05, 0) is 33.1 Å². The lowest BCUT2D eigenvalue weighted by Crippen LogP contribution is -2.18. The molecule has 0 amide bonds. The predicted molar refractivity (Wildman–Crippen MR) is 87.5 cm³/mol. The molecule has 0 radical (unpaired) electrons. The molecule has 0 saturated carbocycles. The number of aromatic nitrogens is 1. The highest BCUT2D eigenvalue weighted by atomic mass is 32.1. The third kappa shape index (κ3) is 4.40. The zero-order valence-electron chi connectivity index (χ0n) is 13.0. The number of nitrogens with zero attached hydrogens (tertiary/aromatic N) is 2. The van der Waals surface area contributed by atoms with Crippen LogP contribution in [-0.2, 0) is 9.63 Å². The molecule has 0 bridgehead atoms. The Hall–Kier alpha value is -1.69. The van der Waals surface area contributed by atoms with Gasteiger partial charge in [-0.25, -0.2) is 4.98 Å². The van der Waals surface area contributed by atoms with E-state index < -0.39 is 0 Å². The SMILES string of the molecule is CCON=CCCCC1=C(O)CC(c2csc(C)n2)CC1=O. The average molecular weight is 322 g/mol. The number of aryl methyl sites for hydroxylation is 1. The van der Waals surface area contributed by atoms with E-state index in [4.69, 9.17) is 4.84 Å². The normalized spacial score (nSPS) is 19.2. The van der Waals surface area contributed by atoms with Crippen LogP contribution in [0, 0.1) is 6.92 Å². The number of rotatable bonds is 7. The van der Waals surface area contributed by atoms with Crippen molar-refractivity contribution in [3.8, 4) is 0 Å². The van der Waals surface area contributed by atoms with Crippen molar-refractivity contribution in [3.63, 3.8) is 0 Å². The summed E-state index contributed by atoms with van der Waals surface area (Å²) in [5.74, 6) is 0.288. The standard InChI is InChI=1S/C16H22N2O3S/c1-3-21-17-7-5-4-6-13-15(19)8-12(9-16(13)20)14-10-22-11(2)18-14/h7,10,12,19H,3-6,8-9H2,1-2H3. The number of carbonyl (C=O) groups excluding carboxylic acids is 1. The fraction of sp³-hybridized carbons (Fsp3) is 0.562. The van der Waals surface area contributed by atoms with Gasteiger partial charge in [0.15, 0.2) is 5.78 Å². The number of allylic oxidation sites excluding steroid dienone is 2. The summed E-state index contributed by atoms with van der Waals surface area (Å²) in [6.07, 6.45) is 4.76. The van der Waals surface area contributed by atoms with Crippen LogP contribution in [0.15, 0.2) is 21.9 Å². The second-order valence-corrected chi connectivity index (χ2v) is 6.41. The lowest BCUT2D eigenvalue weighted by atomic mass is 9.84. The molecule has 2 rings (SSSR count). The number of hydrogen-bond donors (Lipinski definition) is 1. The van der Waals surface area contributed by atoms with Gasteiger partial charge < -0.3 is 9.94 Å². The maximum Gasteiger partial charge on any atom is 0.162 e. The average Bonchev–Trinajstić information content (AvgIpc) is 2.91. The third-order valence-electron chi connectivity index (χ3n) is 3.65. The van der Waals surface area contributed by atoms with Gasteiger partial charge in [-0.3, -0.25) is 4.79 Å². The summed E-state index contributed by atoms with van der Waals surface area (Å²) in [6.45, 7) is 4.38. The van der Waals surface area contributed by atoms with Gasteiger partial charge in [0.2, 0.25) is 0 Å². The van der Waals surface area contributed by atoms with Crippen LogP contribution < -0.4 is 0 Å². The molecule has 120 valence electrons. The van der Waals surface area contributed by atoms with Crippen molar-refractivity contribution in [2.75, 3.05) is 6.61 Å². The van der Waals surface area contributed by atoms with Gasteiger partial charge in [0.1, 0.15) is 6.61 Å². The first-order valence-corrected chi connectivity index (χ1v) is 8.49. The maximum atomic E-state index is 12.3. The summed E-state index contributed by atoms with van der Waals surface area (Å²) in [4.78, 5) is 21.6. The molecule has 1 aliphatic rings. The molecule has 1 atom stereocenters. The summed E-state index contributed by atoms with van der Waals surface area (Å²) < 4.78 is 0. The highest BCUT2D eigenvalue weighted by Crippen LogP contribution is 2.35. The Labute approximate surface area is 134 Å². The van der Waals surface area contributed by atoms with Crippen molar-refractivity contribution in [3.05, 3.63) is 27.4 Å². The van der Waals surface area contributed by atoms with Crippen molar-refractivity contribution in [1.82, 2.24) is 4.98 Å². The Morgan fingerprint density at radius 3 is 3.00 bits per heavy atom. The number of Topliss-reactive ketones (excluding diaryl/α,β-unsaturated/α-hetero) is 1. The van der Waals surface area contributed by atoms with Gasteiger partial charge in [-0.1, -0.05) is 5.16 Å². The number of carbonyl (C=O) groups is 1. The molecule has 0 aliphatic heterocycles. The Morgan fingerprint density at radius 1 is 1.55 bits per heavy atom. The van der Waals surface area contributed by atoms with E-state index in [1.54, 1.807) is 17.6 Å². The number of aliphatic hydroxyl groups is 1. The van der Waals surface area contributed by atoms with E-state index in [0.29, 0.717) is 31.4 Å². The first-order chi connectivity index (χ1) is 10.6. The maximum absolute atomic E-state index is 12.3. The number of hydrogen-bond acceptors (Lipinski definition) is 6. The molecular formula is C16H22N2O3S. The zero-order chi connectivity index (χ0) is 15.9. The van der Waals surface area contributed by atoms with Gasteiger partial charge in [0, 0.05) is 35.9 Å². The molecule has 1 aromatic heterocycles. The Kier molecular flexibility index (Phi) is 6.12. The number of aliphatic hydroxyl groups excluding tert-OH is 1. The molecule has 0 fully saturated rings. The van der Waals surface area contributed by atoms with Crippen molar-refractivity contribution in [2.45, 2.75) is 51.9 Å². The summed E-state index contributed by atoms with van der Waals surface area (Å²) in [7, 11) is 0. The molecule has 0 aromatic carbocycles. The summed E-state index contributed by atoms with van der Waals surface area (Å²) >= 11 is 1.58. The van der Waals surface area contributed by atoms with E-state index in [9.17, 15) is 9.90 Å². The molecule has 1 heterocycles. The van der Waals surface area contributed by atoms with Crippen LogP contribution in [-0.4, -0.2) is 28.7 Å². The first-order valence-electron chi connectivity index (χ1n) is 7.61. The zero-order valence-corrected chi connectivity index (χ0v) is 13.9. The molecule has 1 aromatic rings. The van der Waals surface area contributed by atoms with Crippen molar-refractivity contribution >= 4 is 23.3 Å². The Balaban J connectivity index is 1.91. The molecule has 1 N–H and O–H groups in total. The molecule has 0 saturated heterocycles. The van der Waals surface area contributed by atoms with E-state index in [0.717, 1.165) is 23.5 Å². The minimum atomic E-state index is 0.0146. The van der Waals surface area contributed by atoms with Crippen LogP contribution in [0.5, 0.6) is 0 Å². The molecular weight excluding hydrogens is 300 g/mol. The van der Waals surface area contributed by atoms with Crippen LogP contribution in [0.25, 0.3) is 0 Å². The molecule has 0 spiro atoms. The highest BCUT2D eigenvalue weighted by Gasteiger charge is 2.29. The summed E-state index contributed by atoms with van der Waals surface area (Å²) in [5.41, 5.74) is 1.50. The Bertz CT molecular complexity index is 578. The lowest BCUT2D eigenvalue weighted by Gasteiger charge is -2.22. The van der Waals surface area contributed by atoms with Gasteiger partial charge in [-0.2, -0.15) is 0 Å². The molecule has 22 heavy (non-hydrogen) atoms. The predicted octanol–water partition coefficient (Wildman–Crippen LogP) is 3.90. The van der Waals surface area contributed by atoms with Crippen LogP contribution in [0.4, 0.5) is 0 Å². The topological polar surface area (TPSA) is 71.8 Å². The van der Waals surface area contributed by atoms with Crippen molar-refractivity contribution in [1.29, 1.82) is 0 Å². The molecule has 5 nitrogen and oxygen atoms in total. The smallest absolute Gasteiger partial charge is 0.162 e. The first kappa shape index (κ1) is 16.7. The largest absolute Gasteiger partial charge is 0.512 e. The quantitative estimate of drug-likeness (QED) is 0.469. The third-order valence-corrected chi connectivity index (χ3v) is 4.44. The molecule has 1 unspecified atom stereocenters. The number of ketones is 1. The van der Waals surface area contributed by atoms with Gasteiger partial charge in [0.25, 0.3) is 0 Å².